The molecule has 0 saturated carbocycles. The SMILES string of the molecule is Cc1ncsc1-c1ccc(C(C)NC(=O)[C@@H]2C[C@@H](O)CN2C(=O)C(NC(=O)CNC(=O)c2ccc(-c3ccc(C4=N[C@@H](CC(=O)O)c5nnc(C)n5-c5sc(C)c(C)c54)cc3)cc2)C(C)(C)C)cc1. The Morgan fingerprint density at radius 2 is 1.49 bits per heavy atom. The van der Waals surface area contributed by atoms with Crippen molar-refractivity contribution in [3.8, 4) is 26.6 Å². The first-order chi connectivity index (χ1) is 32.8. The number of aliphatic carboxylic acids is 1. The number of fused-ring (bicyclic) bond motifs is 3. The van der Waals surface area contributed by atoms with Gasteiger partial charge in [-0.2, -0.15) is 0 Å². The highest BCUT2D eigenvalue weighted by atomic mass is 32.1. The predicted octanol–water partition coefficient (Wildman–Crippen LogP) is 6.82. The number of aromatic nitrogens is 4. The summed E-state index contributed by atoms with van der Waals surface area (Å²) in [5.74, 6) is -1.85. The molecule has 16 nitrogen and oxygen atoms in total. The Labute approximate surface area is 407 Å². The third kappa shape index (κ3) is 10.1. The Morgan fingerprint density at radius 3 is 2.12 bits per heavy atom. The number of carbonyl (C=O) groups excluding carboxylic acids is 4. The van der Waals surface area contributed by atoms with Crippen LogP contribution in [0.1, 0.15) is 107 Å². The first-order valence-corrected chi connectivity index (χ1v) is 24.4. The average Bonchev–Trinajstić information content (AvgIpc) is 4.09. The first-order valence-electron chi connectivity index (χ1n) is 22.7. The van der Waals surface area contributed by atoms with Crippen molar-refractivity contribution in [2.24, 2.45) is 10.4 Å². The number of amides is 4. The standard InChI is InChI=1S/C51H55N9O7S2/c1-26-29(4)69-50-42(26)43(55-38(22-41(63)64)46-58-57-30(5)60(46)50)34-15-11-32(12-16-34)33-13-19-36(20-14-33)47(65)52-23-40(62)56-45(51(6,7)8)49(67)59-24-37(61)21-39(59)48(66)54-27(2)31-9-17-35(18-10-31)44-28(3)53-25-68-44/h9-20,25,27,37-39,45,61H,21-24H2,1-8H3,(H,52,65)(H,54,66)(H,56,62)(H,63,64)/t27?,37-,38+,39+,45?/m1/s1. The van der Waals surface area contributed by atoms with Crippen molar-refractivity contribution >= 4 is 58.0 Å². The van der Waals surface area contributed by atoms with Gasteiger partial charge in [0.2, 0.25) is 17.7 Å². The minimum Gasteiger partial charge on any atom is -0.481 e. The summed E-state index contributed by atoms with van der Waals surface area (Å²) in [4.78, 5) is 79.4. The Kier molecular flexibility index (Phi) is 13.8. The lowest BCUT2D eigenvalue weighted by Gasteiger charge is -2.35. The zero-order chi connectivity index (χ0) is 49.5. The maximum atomic E-state index is 14.2. The number of β-amino-alcohol motifs (C(OH)–C–C–N with tert-alkyl or cyclic N) is 1. The van der Waals surface area contributed by atoms with Crippen LogP contribution >= 0.6 is 22.7 Å². The number of benzene rings is 3. The number of carboxylic acids is 1. The van der Waals surface area contributed by atoms with Crippen molar-refractivity contribution in [2.45, 2.75) is 98.5 Å². The number of thiazole rings is 1. The summed E-state index contributed by atoms with van der Waals surface area (Å²) in [5.41, 5.74) is 9.35. The fraction of sp³-hybridized carbons (Fsp3) is 0.353. The van der Waals surface area contributed by atoms with Gasteiger partial charge in [0.15, 0.2) is 5.82 Å². The highest BCUT2D eigenvalue weighted by Gasteiger charge is 2.45. The number of nitrogens with one attached hydrogen (secondary N) is 3. The van der Waals surface area contributed by atoms with Gasteiger partial charge in [-0.3, -0.25) is 33.5 Å². The summed E-state index contributed by atoms with van der Waals surface area (Å²) in [6.07, 6.45) is -1.12. The predicted molar refractivity (Wildman–Crippen MR) is 265 cm³/mol. The van der Waals surface area contributed by atoms with E-state index in [0.29, 0.717) is 22.9 Å². The number of aliphatic hydroxyl groups excluding tert-OH is 1. The Balaban J connectivity index is 0.892. The zero-order valence-electron chi connectivity index (χ0n) is 39.7. The van der Waals surface area contributed by atoms with Gasteiger partial charge in [0, 0.05) is 34.5 Å². The number of aryl methyl sites for hydroxylation is 3. The van der Waals surface area contributed by atoms with Crippen molar-refractivity contribution in [2.75, 3.05) is 13.1 Å². The fourth-order valence-corrected chi connectivity index (χ4v) is 10.8. The molecule has 5 N–H and O–H groups in total. The summed E-state index contributed by atoms with van der Waals surface area (Å²) < 4.78 is 1.92. The van der Waals surface area contributed by atoms with E-state index in [0.717, 1.165) is 59.4 Å². The molecule has 69 heavy (non-hydrogen) atoms. The molecule has 0 radical (unpaired) electrons. The second-order valence-corrected chi connectivity index (χ2v) is 20.8. The van der Waals surface area contributed by atoms with Gasteiger partial charge < -0.3 is 31.1 Å². The number of nitrogens with zero attached hydrogens (tertiary/aromatic N) is 6. The maximum Gasteiger partial charge on any atom is 0.306 e. The van der Waals surface area contributed by atoms with Gasteiger partial charge in [-0.05, 0) is 80.0 Å². The monoisotopic (exact) mass is 969 g/mol. The van der Waals surface area contributed by atoms with Gasteiger partial charge in [0.1, 0.15) is 29.0 Å². The van der Waals surface area contributed by atoms with Crippen molar-refractivity contribution in [3.63, 3.8) is 0 Å². The molecule has 5 heterocycles. The van der Waals surface area contributed by atoms with E-state index in [9.17, 15) is 34.2 Å². The fourth-order valence-electron chi connectivity index (χ4n) is 8.81. The summed E-state index contributed by atoms with van der Waals surface area (Å²) in [7, 11) is 0. The van der Waals surface area contributed by atoms with Crippen LogP contribution in [0.2, 0.25) is 0 Å². The topological polar surface area (TPSA) is 221 Å². The number of likely N-dealkylation sites (tertiary alicyclic amines) is 1. The number of carbonyl (C=O) groups is 5. The van der Waals surface area contributed by atoms with E-state index < -0.39 is 65.8 Å². The molecule has 5 atom stereocenters. The lowest BCUT2D eigenvalue weighted by atomic mass is 9.85. The van der Waals surface area contributed by atoms with Crippen molar-refractivity contribution in [1.29, 1.82) is 0 Å². The molecule has 1 fully saturated rings. The van der Waals surface area contributed by atoms with Gasteiger partial charge in [0.05, 0.1) is 46.9 Å². The molecule has 2 aliphatic heterocycles. The molecule has 2 unspecified atom stereocenters. The number of rotatable bonds is 13. The van der Waals surface area contributed by atoms with Crippen LogP contribution in [-0.4, -0.2) is 101 Å². The highest BCUT2D eigenvalue weighted by molar-refractivity contribution is 7.15. The number of thiophene rings is 1. The summed E-state index contributed by atoms with van der Waals surface area (Å²) in [6.45, 7) is 14.6. The van der Waals surface area contributed by atoms with Gasteiger partial charge in [-0.15, -0.1) is 32.9 Å². The van der Waals surface area contributed by atoms with Crippen LogP contribution in [0.15, 0.2) is 83.3 Å². The first kappa shape index (κ1) is 48.6. The second kappa shape index (κ2) is 19.6. The molecule has 0 aliphatic carbocycles. The number of aliphatic imine (C=N–C) groups is 1. The second-order valence-electron chi connectivity index (χ2n) is 18.7. The quantitative estimate of drug-likeness (QED) is 0.0813. The maximum absolute atomic E-state index is 14.2. The van der Waals surface area contributed by atoms with Crippen LogP contribution in [0, 0.1) is 33.1 Å². The smallest absolute Gasteiger partial charge is 0.306 e. The average molecular weight is 970 g/mol. The minimum absolute atomic E-state index is 0.0485. The number of aliphatic hydroxyl groups is 1. The molecule has 6 aromatic rings. The van der Waals surface area contributed by atoms with E-state index in [1.165, 1.54) is 4.90 Å². The van der Waals surface area contributed by atoms with Gasteiger partial charge in [-0.25, -0.2) is 4.98 Å². The van der Waals surface area contributed by atoms with Crippen LogP contribution in [0.5, 0.6) is 0 Å². The summed E-state index contributed by atoms with van der Waals surface area (Å²) in [6, 6.07) is 19.4. The molecule has 0 spiro atoms. The largest absolute Gasteiger partial charge is 0.481 e. The van der Waals surface area contributed by atoms with E-state index in [1.54, 1.807) is 61.1 Å². The van der Waals surface area contributed by atoms with E-state index >= 15 is 0 Å². The highest BCUT2D eigenvalue weighted by Crippen LogP contribution is 2.40. The Bertz CT molecular complexity index is 2970. The molecule has 4 amide bonds. The van der Waals surface area contributed by atoms with Crippen LogP contribution < -0.4 is 16.0 Å². The minimum atomic E-state index is -1.07. The Morgan fingerprint density at radius 1 is 0.855 bits per heavy atom. The zero-order valence-corrected chi connectivity index (χ0v) is 41.3. The molecule has 18 heteroatoms. The Hall–Kier alpha value is -6.89. The van der Waals surface area contributed by atoms with Crippen molar-refractivity contribution < 1.29 is 34.2 Å². The lowest BCUT2D eigenvalue weighted by molar-refractivity contribution is -0.144. The molecular weight excluding hydrogens is 915 g/mol. The van der Waals surface area contributed by atoms with E-state index in [-0.39, 0.29) is 25.4 Å². The van der Waals surface area contributed by atoms with Gasteiger partial charge in [0.25, 0.3) is 5.91 Å². The molecular formula is C51H55N9O7S2. The third-order valence-corrected chi connectivity index (χ3v) is 14.9. The van der Waals surface area contributed by atoms with Crippen molar-refractivity contribution in [3.05, 3.63) is 128 Å². The van der Waals surface area contributed by atoms with Crippen LogP contribution in [-0.2, 0) is 19.2 Å². The normalized spacial score (nSPS) is 17.5. The van der Waals surface area contributed by atoms with E-state index in [2.05, 4.69) is 31.1 Å². The van der Waals surface area contributed by atoms with Crippen LogP contribution in [0.4, 0.5) is 0 Å². The number of hydrogen-bond acceptors (Lipinski definition) is 12. The molecule has 3 aromatic heterocycles. The van der Waals surface area contributed by atoms with Crippen LogP contribution in [0.25, 0.3) is 26.6 Å². The summed E-state index contributed by atoms with van der Waals surface area (Å²) in [5, 5.41) is 38.4. The molecule has 0 bridgehead atoms. The summed E-state index contributed by atoms with van der Waals surface area (Å²) >= 11 is 3.15. The molecule has 3 aromatic carbocycles. The number of carboxylic acid groups (broad SMARTS) is 1. The van der Waals surface area contributed by atoms with E-state index in [1.807, 2.05) is 99.8 Å². The van der Waals surface area contributed by atoms with Crippen molar-refractivity contribution in [1.82, 2.24) is 40.6 Å². The molecule has 2 aliphatic rings. The van der Waals surface area contributed by atoms with Crippen LogP contribution in [0.3, 0.4) is 0 Å². The van der Waals surface area contributed by atoms with Gasteiger partial charge >= 0.3 is 5.97 Å². The third-order valence-electron chi connectivity index (χ3n) is 12.7. The molecule has 8 rings (SSSR count). The number of hydrogen-bond donors (Lipinski definition) is 5. The molecule has 1 saturated heterocycles. The van der Waals surface area contributed by atoms with E-state index in [4.69, 9.17) is 4.99 Å². The lowest BCUT2D eigenvalue weighted by Crippen LogP contribution is -2.58. The van der Waals surface area contributed by atoms with Gasteiger partial charge in [-0.1, -0.05) is 81.4 Å². The molecule has 358 valence electrons.